The lowest BCUT2D eigenvalue weighted by Gasteiger charge is -2.40. The molecule has 4 nitrogen and oxygen atoms in total. The molecule has 93 valence electrons. The molecule has 1 saturated heterocycles. The topological polar surface area (TPSA) is 64.7 Å². The largest absolute Gasteiger partial charge is 0.365 e. The van der Waals surface area contributed by atoms with Crippen LogP contribution in [-0.4, -0.2) is 29.3 Å². The van der Waals surface area contributed by atoms with E-state index in [9.17, 15) is 5.11 Å². The minimum atomic E-state index is -1.02. The van der Waals surface area contributed by atoms with Gasteiger partial charge < -0.3 is 20.3 Å². The summed E-state index contributed by atoms with van der Waals surface area (Å²) >= 11 is 0. The molecule has 0 spiro atoms. The Hall–Kier alpha value is -0.160. The fourth-order valence-electron chi connectivity index (χ4n) is 2.38. The molecule has 3 atom stereocenters. The zero-order valence-corrected chi connectivity index (χ0v) is 9.89. The van der Waals surface area contributed by atoms with Gasteiger partial charge in [-0.05, 0) is 32.6 Å². The average Bonchev–Trinajstić information content (AvgIpc) is 2.24. The molecule has 1 saturated carbocycles. The van der Waals surface area contributed by atoms with E-state index in [-0.39, 0.29) is 12.1 Å². The summed E-state index contributed by atoms with van der Waals surface area (Å²) in [5, 5.41) is 10.3. The van der Waals surface area contributed by atoms with Crippen molar-refractivity contribution in [3.8, 4) is 0 Å². The Labute approximate surface area is 97.1 Å². The summed E-state index contributed by atoms with van der Waals surface area (Å²) in [5.74, 6) is -1.02. The third-order valence-electron chi connectivity index (χ3n) is 3.41. The first-order valence-corrected chi connectivity index (χ1v) is 6.24. The van der Waals surface area contributed by atoms with Crippen LogP contribution in [0.3, 0.4) is 0 Å². The maximum absolute atomic E-state index is 10.3. The van der Waals surface area contributed by atoms with Crippen LogP contribution in [0.2, 0.25) is 0 Å². The zero-order valence-electron chi connectivity index (χ0n) is 9.89. The van der Waals surface area contributed by atoms with Crippen LogP contribution in [0.4, 0.5) is 0 Å². The average molecular weight is 228 g/mol. The highest BCUT2D eigenvalue weighted by atomic mass is 16.7. The molecule has 0 aromatic carbocycles. The van der Waals surface area contributed by atoms with E-state index in [0.717, 1.165) is 19.3 Å². The van der Waals surface area contributed by atoms with Gasteiger partial charge in [0.05, 0.1) is 12.1 Å². The second kappa shape index (κ2) is 5.00. The van der Waals surface area contributed by atoms with Gasteiger partial charge in [-0.25, -0.2) is 0 Å². The minimum Gasteiger partial charge on any atom is -0.365 e. The lowest BCUT2D eigenvalue weighted by Crippen LogP contribution is -2.50. The maximum atomic E-state index is 10.3. The lowest BCUT2D eigenvalue weighted by atomic mass is 9.94. The number of hydrogen-bond donors (Lipinski definition) is 2. The van der Waals surface area contributed by atoms with Crippen molar-refractivity contribution in [3.63, 3.8) is 0 Å². The fraction of sp³-hybridized carbons (Fsp3) is 0.917. The van der Waals surface area contributed by atoms with Crippen LogP contribution in [0.1, 0.15) is 45.4 Å². The van der Waals surface area contributed by atoms with Crippen molar-refractivity contribution in [2.24, 2.45) is 5.73 Å². The van der Waals surface area contributed by atoms with Crippen LogP contribution < -0.4 is 5.73 Å². The summed E-state index contributed by atoms with van der Waals surface area (Å²) in [6, 6.07) is -0.165. The van der Waals surface area contributed by atoms with Crippen molar-refractivity contribution in [3.05, 3.63) is 6.42 Å². The molecule has 16 heavy (non-hydrogen) atoms. The molecular weight excluding hydrogens is 206 g/mol. The molecule has 0 amide bonds. The molecule has 3 unspecified atom stereocenters. The van der Waals surface area contributed by atoms with E-state index >= 15 is 0 Å². The standard InChI is InChI=1S/C12H22NO3/c1-9-5-6-10(13)11(15-9)16-12(14)7-3-2-4-8-12/h5,9-11,14H,2-4,6-8,13H2,1H3. The molecular formula is C12H22NO3. The van der Waals surface area contributed by atoms with Crippen LogP contribution >= 0.6 is 0 Å². The van der Waals surface area contributed by atoms with Gasteiger partial charge in [-0.1, -0.05) is 6.42 Å². The number of aliphatic hydroxyl groups is 1. The summed E-state index contributed by atoms with van der Waals surface area (Å²) in [6.45, 7) is 1.97. The van der Waals surface area contributed by atoms with Gasteiger partial charge in [0.25, 0.3) is 0 Å². The molecule has 2 aliphatic rings. The van der Waals surface area contributed by atoms with Crippen molar-refractivity contribution in [2.75, 3.05) is 0 Å². The van der Waals surface area contributed by atoms with Gasteiger partial charge in [0, 0.05) is 12.8 Å². The number of ether oxygens (including phenoxy) is 2. The Morgan fingerprint density at radius 2 is 2.06 bits per heavy atom. The highest BCUT2D eigenvalue weighted by Gasteiger charge is 2.37. The van der Waals surface area contributed by atoms with E-state index in [0.29, 0.717) is 12.8 Å². The van der Waals surface area contributed by atoms with E-state index in [1.165, 1.54) is 6.42 Å². The second-order valence-corrected chi connectivity index (χ2v) is 4.97. The fourth-order valence-corrected chi connectivity index (χ4v) is 2.38. The molecule has 1 radical (unpaired) electrons. The first-order chi connectivity index (χ1) is 7.59. The van der Waals surface area contributed by atoms with Crippen LogP contribution in [0.15, 0.2) is 0 Å². The molecule has 2 rings (SSSR count). The minimum absolute atomic E-state index is 0.0528. The van der Waals surface area contributed by atoms with Crippen LogP contribution in [0.5, 0.6) is 0 Å². The smallest absolute Gasteiger partial charge is 0.176 e. The van der Waals surface area contributed by atoms with Gasteiger partial charge in [-0.2, -0.15) is 0 Å². The normalized spacial score (nSPS) is 39.6. The van der Waals surface area contributed by atoms with Gasteiger partial charge >= 0.3 is 0 Å². The van der Waals surface area contributed by atoms with E-state index < -0.39 is 12.1 Å². The van der Waals surface area contributed by atoms with Gasteiger partial charge in [-0.3, -0.25) is 0 Å². The highest BCUT2D eigenvalue weighted by molar-refractivity contribution is 4.88. The zero-order chi connectivity index (χ0) is 11.6. The van der Waals surface area contributed by atoms with E-state index in [2.05, 4.69) is 0 Å². The van der Waals surface area contributed by atoms with E-state index in [1.54, 1.807) is 0 Å². The first kappa shape index (κ1) is 12.3. The maximum Gasteiger partial charge on any atom is 0.176 e. The Morgan fingerprint density at radius 1 is 1.38 bits per heavy atom. The molecule has 0 aromatic rings. The predicted octanol–water partition coefficient (Wildman–Crippen LogP) is 1.32. The molecule has 2 fully saturated rings. The molecule has 1 aliphatic carbocycles. The Bertz CT molecular complexity index is 228. The lowest BCUT2D eigenvalue weighted by molar-refractivity contribution is -0.316. The Balaban J connectivity index is 1.91. The molecule has 1 aliphatic heterocycles. The van der Waals surface area contributed by atoms with Crippen molar-refractivity contribution >= 4 is 0 Å². The number of nitrogens with two attached hydrogens (primary N) is 1. The third-order valence-corrected chi connectivity index (χ3v) is 3.41. The van der Waals surface area contributed by atoms with Gasteiger partial charge in [0.1, 0.15) is 0 Å². The second-order valence-electron chi connectivity index (χ2n) is 4.97. The summed E-state index contributed by atoms with van der Waals surface area (Å²) in [7, 11) is 0. The molecule has 0 aromatic heterocycles. The van der Waals surface area contributed by atoms with Gasteiger partial charge in [-0.15, -0.1) is 0 Å². The quantitative estimate of drug-likeness (QED) is 0.700. The number of rotatable bonds is 2. The summed E-state index contributed by atoms with van der Waals surface area (Å²) < 4.78 is 11.3. The summed E-state index contributed by atoms with van der Waals surface area (Å²) in [4.78, 5) is 0. The predicted molar refractivity (Wildman–Crippen MR) is 60.3 cm³/mol. The van der Waals surface area contributed by atoms with E-state index in [1.807, 2.05) is 13.3 Å². The Kier molecular flexibility index (Phi) is 3.85. The van der Waals surface area contributed by atoms with Crippen molar-refractivity contribution in [1.29, 1.82) is 0 Å². The molecule has 4 heteroatoms. The van der Waals surface area contributed by atoms with Gasteiger partial charge in [0.2, 0.25) is 0 Å². The number of hydrogen-bond acceptors (Lipinski definition) is 4. The monoisotopic (exact) mass is 228 g/mol. The van der Waals surface area contributed by atoms with Crippen LogP contribution in [0.25, 0.3) is 0 Å². The van der Waals surface area contributed by atoms with Crippen molar-refractivity contribution in [1.82, 2.24) is 0 Å². The summed E-state index contributed by atoms with van der Waals surface area (Å²) in [6.07, 6.45) is 6.99. The summed E-state index contributed by atoms with van der Waals surface area (Å²) in [5.41, 5.74) is 5.92. The highest BCUT2D eigenvalue weighted by Crippen LogP contribution is 2.32. The van der Waals surface area contributed by atoms with Crippen LogP contribution in [0, 0.1) is 6.42 Å². The van der Waals surface area contributed by atoms with E-state index in [4.69, 9.17) is 15.2 Å². The third kappa shape index (κ3) is 2.94. The SMILES string of the molecule is CC1[CH]CC(N)C(OC2(O)CCCCC2)O1. The Morgan fingerprint density at radius 3 is 2.75 bits per heavy atom. The van der Waals surface area contributed by atoms with Gasteiger partial charge in [0.15, 0.2) is 12.1 Å². The van der Waals surface area contributed by atoms with Crippen molar-refractivity contribution in [2.45, 2.75) is 69.7 Å². The molecule has 0 bridgehead atoms. The van der Waals surface area contributed by atoms with Crippen LogP contribution in [-0.2, 0) is 9.47 Å². The molecule has 3 N–H and O–H groups in total. The van der Waals surface area contributed by atoms with Crippen molar-refractivity contribution < 1.29 is 14.6 Å². The molecule has 1 heterocycles. The first-order valence-electron chi connectivity index (χ1n) is 6.24.